The molecule has 3 rings (SSSR count). The fourth-order valence-corrected chi connectivity index (χ4v) is 2.14. The first kappa shape index (κ1) is 12.0. The summed E-state index contributed by atoms with van der Waals surface area (Å²) < 4.78 is 7.20. The number of aromatic nitrogens is 4. The van der Waals surface area contributed by atoms with Gasteiger partial charge in [0.1, 0.15) is 5.75 Å². The summed E-state index contributed by atoms with van der Waals surface area (Å²) in [6, 6.07) is 5.48. The van der Waals surface area contributed by atoms with Gasteiger partial charge in [-0.1, -0.05) is 6.92 Å². The number of methoxy groups -OCH3 is 1. The molecular weight excluding hydrogens is 242 g/mol. The van der Waals surface area contributed by atoms with Crippen molar-refractivity contribution < 1.29 is 4.74 Å². The summed E-state index contributed by atoms with van der Waals surface area (Å²) in [6.07, 6.45) is 2.45. The van der Waals surface area contributed by atoms with Crippen LogP contribution in [0.1, 0.15) is 19.8 Å². The Morgan fingerprint density at radius 2 is 2.21 bits per heavy atom. The van der Waals surface area contributed by atoms with Crippen LogP contribution in [-0.2, 0) is 6.54 Å². The lowest BCUT2D eigenvalue weighted by atomic mass is 10.1. The lowest BCUT2D eigenvalue weighted by Crippen LogP contribution is -2.11. The van der Waals surface area contributed by atoms with Crippen molar-refractivity contribution in [2.24, 2.45) is 5.41 Å². The smallest absolute Gasteiger partial charge is 0.185 e. The molecule has 0 atom stereocenters. The molecular formula is C13H17N5O. The number of rotatable bonds is 4. The van der Waals surface area contributed by atoms with Gasteiger partial charge in [-0.05, 0) is 46.9 Å². The molecule has 1 aliphatic rings. The zero-order valence-corrected chi connectivity index (χ0v) is 11.1. The minimum absolute atomic E-state index is 0.331. The highest BCUT2D eigenvalue weighted by molar-refractivity contribution is 5.68. The summed E-state index contributed by atoms with van der Waals surface area (Å²) in [5.74, 6) is 1.43. The van der Waals surface area contributed by atoms with Gasteiger partial charge in [0.2, 0.25) is 0 Å². The Hall–Kier alpha value is -2.11. The fraction of sp³-hybridized carbons (Fsp3) is 0.462. The molecule has 2 aromatic rings. The molecule has 0 amide bonds. The van der Waals surface area contributed by atoms with E-state index in [1.807, 2.05) is 16.8 Å². The SMILES string of the molecule is COc1ccc(N)cc1-c1nnnn1CC1(C)CC1. The van der Waals surface area contributed by atoms with Gasteiger partial charge < -0.3 is 10.5 Å². The second-order valence-electron chi connectivity index (χ2n) is 5.43. The summed E-state index contributed by atoms with van der Waals surface area (Å²) in [7, 11) is 1.63. The summed E-state index contributed by atoms with van der Waals surface area (Å²) in [5.41, 5.74) is 7.68. The maximum atomic E-state index is 5.84. The molecule has 2 N–H and O–H groups in total. The van der Waals surface area contributed by atoms with Crippen LogP contribution in [-0.4, -0.2) is 27.3 Å². The number of nitrogens with two attached hydrogens (primary N) is 1. The average Bonchev–Trinajstić information content (AvgIpc) is 2.94. The molecule has 1 saturated carbocycles. The van der Waals surface area contributed by atoms with E-state index in [9.17, 15) is 0 Å². The Labute approximate surface area is 111 Å². The van der Waals surface area contributed by atoms with Crippen LogP contribution in [0.25, 0.3) is 11.4 Å². The van der Waals surface area contributed by atoms with Crippen LogP contribution in [0, 0.1) is 5.41 Å². The topological polar surface area (TPSA) is 78.8 Å². The van der Waals surface area contributed by atoms with Crippen LogP contribution in [0.4, 0.5) is 5.69 Å². The highest BCUT2D eigenvalue weighted by Gasteiger charge is 2.38. The number of benzene rings is 1. The van der Waals surface area contributed by atoms with Crippen molar-refractivity contribution >= 4 is 5.69 Å². The minimum atomic E-state index is 0.331. The third-order valence-corrected chi connectivity index (χ3v) is 3.63. The van der Waals surface area contributed by atoms with E-state index in [-0.39, 0.29) is 0 Å². The highest BCUT2D eigenvalue weighted by Crippen LogP contribution is 2.46. The Balaban J connectivity index is 2.02. The Morgan fingerprint density at radius 3 is 2.89 bits per heavy atom. The molecule has 6 nitrogen and oxygen atoms in total. The van der Waals surface area contributed by atoms with Crippen molar-refractivity contribution in [3.8, 4) is 17.1 Å². The lowest BCUT2D eigenvalue weighted by Gasteiger charge is -2.12. The first-order valence-corrected chi connectivity index (χ1v) is 6.31. The molecule has 6 heteroatoms. The molecule has 19 heavy (non-hydrogen) atoms. The van der Waals surface area contributed by atoms with E-state index in [1.54, 1.807) is 13.2 Å². The number of nitrogens with zero attached hydrogens (tertiary/aromatic N) is 4. The third kappa shape index (κ3) is 2.25. The molecule has 0 spiro atoms. The molecule has 1 fully saturated rings. The first-order valence-electron chi connectivity index (χ1n) is 6.31. The van der Waals surface area contributed by atoms with Gasteiger partial charge in [-0.2, -0.15) is 0 Å². The van der Waals surface area contributed by atoms with Crippen molar-refractivity contribution in [2.75, 3.05) is 12.8 Å². The molecule has 100 valence electrons. The van der Waals surface area contributed by atoms with Crippen molar-refractivity contribution in [2.45, 2.75) is 26.3 Å². The van der Waals surface area contributed by atoms with E-state index in [2.05, 4.69) is 22.4 Å². The molecule has 1 heterocycles. The Bertz CT molecular complexity index is 603. The first-order chi connectivity index (χ1) is 9.11. The predicted octanol–water partition coefficient (Wildman–Crippen LogP) is 1.73. The van der Waals surface area contributed by atoms with Gasteiger partial charge in [0, 0.05) is 5.69 Å². The second-order valence-corrected chi connectivity index (χ2v) is 5.43. The van der Waals surface area contributed by atoms with Gasteiger partial charge in [-0.3, -0.25) is 0 Å². The van der Waals surface area contributed by atoms with Gasteiger partial charge in [-0.15, -0.1) is 5.10 Å². The second kappa shape index (κ2) is 4.22. The van der Waals surface area contributed by atoms with Gasteiger partial charge in [0.15, 0.2) is 5.82 Å². The number of hydrogen-bond acceptors (Lipinski definition) is 5. The van der Waals surface area contributed by atoms with Gasteiger partial charge in [-0.25, -0.2) is 4.68 Å². The van der Waals surface area contributed by atoms with Crippen LogP contribution >= 0.6 is 0 Å². The quantitative estimate of drug-likeness (QED) is 0.846. The standard InChI is InChI=1S/C13H17N5O/c1-13(5-6-13)8-18-12(15-16-17-18)10-7-9(14)3-4-11(10)19-2/h3-4,7H,5-6,8,14H2,1-2H3. The zero-order valence-electron chi connectivity index (χ0n) is 11.1. The van der Waals surface area contributed by atoms with E-state index in [0.29, 0.717) is 16.9 Å². The summed E-state index contributed by atoms with van der Waals surface area (Å²) in [4.78, 5) is 0. The maximum absolute atomic E-state index is 5.84. The van der Waals surface area contributed by atoms with E-state index >= 15 is 0 Å². The number of ether oxygens (including phenoxy) is 1. The van der Waals surface area contributed by atoms with Crippen LogP contribution in [0.15, 0.2) is 18.2 Å². The van der Waals surface area contributed by atoms with E-state index < -0.39 is 0 Å². The Morgan fingerprint density at radius 1 is 1.42 bits per heavy atom. The van der Waals surface area contributed by atoms with Crippen molar-refractivity contribution in [3.05, 3.63) is 18.2 Å². The molecule has 0 unspecified atom stereocenters. The summed E-state index contributed by atoms with van der Waals surface area (Å²) in [6.45, 7) is 3.07. The van der Waals surface area contributed by atoms with E-state index in [1.165, 1.54) is 12.8 Å². The number of anilines is 1. The fourth-order valence-electron chi connectivity index (χ4n) is 2.14. The van der Waals surface area contributed by atoms with Crippen LogP contribution in [0.5, 0.6) is 5.75 Å². The van der Waals surface area contributed by atoms with Crippen LogP contribution in [0.3, 0.4) is 0 Å². The Kier molecular flexibility index (Phi) is 2.66. The van der Waals surface area contributed by atoms with E-state index in [4.69, 9.17) is 10.5 Å². The van der Waals surface area contributed by atoms with Crippen molar-refractivity contribution in [1.82, 2.24) is 20.2 Å². The zero-order chi connectivity index (χ0) is 13.5. The molecule has 1 aromatic heterocycles. The predicted molar refractivity (Wildman–Crippen MR) is 71.6 cm³/mol. The molecule has 1 aliphatic carbocycles. The number of nitrogen functional groups attached to an aromatic ring is 1. The number of tetrazole rings is 1. The average molecular weight is 259 g/mol. The van der Waals surface area contributed by atoms with Crippen molar-refractivity contribution in [3.63, 3.8) is 0 Å². The molecule has 0 bridgehead atoms. The molecule has 0 radical (unpaired) electrons. The van der Waals surface area contributed by atoms with E-state index in [0.717, 1.165) is 17.9 Å². The highest BCUT2D eigenvalue weighted by atomic mass is 16.5. The van der Waals surface area contributed by atoms with Crippen molar-refractivity contribution in [1.29, 1.82) is 0 Å². The van der Waals surface area contributed by atoms with Gasteiger partial charge in [0.25, 0.3) is 0 Å². The lowest BCUT2D eigenvalue weighted by molar-refractivity contribution is 0.411. The molecule has 0 saturated heterocycles. The minimum Gasteiger partial charge on any atom is -0.496 e. The van der Waals surface area contributed by atoms with Crippen LogP contribution < -0.4 is 10.5 Å². The summed E-state index contributed by atoms with van der Waals surface area (Å²) in [5, 5.41) is 12.0. The molecule has 1 aromatic carbocycles. The number of hydrogen-bond donors (Lipinski definition) is 1. The van der Waals surface area contributed by atoms with Gasteiger partial charge >= 0.3 is 0 Å². The summed E-state index contributed by atoms with van der Waals surface area (Å²) >= 11 is 0. The van der Waals surface area contributed by atoms with Gasteiger partial charge in [0.05, 0.1) is 19.2 Å². The normalized spacial score (nSPS) is 16.3. The largest absolute Gasteiger partial charge is 0.496 e. The monoisotopic (exact) mass is 259 g/mol. The third-order valence-electron chi connectivity index (χ3n) is 3.63. The van der Waals surface area contributed by atoms with Crippen LogP contribution in [0.2, 0.25) is 0 Å². The maximum Gasteiger partial charge on any atom is 0.185 e. The molecule has 0 aliphatic heterocycles.